The summed E-state index contributed by atoms with van der Waals surface area (Å²) in [7, 11) is 3.24. The van der Waals surface area contributed by atoms with Gasteiger partial charge in [0, 0.05) is 37.3 Å². The summed E-state index contributed by atoms with van der Waals surface area (Å²) in [5.74, 6) is 1.31. The summed E-state index contributed by atoms with van der Waals surface area (Å²) in [6, 6.07) is 11.4. The maximum Gasteiger partial charge on any atom is 0.246 e. The Morgan fingerprint density at radius 3 is 2.57 bits per heavy atom. The molecule has 0 spiro atoms. The molecule has 0 radical (unpaired) electrons. The van der Waals surface area contributed by atoms with E-state index in [-0.39, 0.29) is 5.91 Å². The van der Waals surface area contributed by atoms with Crippen LogP contribution in [0.1, 0.15) is 5.56 Å². The average molecular weight is 444 g/mol. The second-order valence-corrected chi connectivity index (χ2v) is 8.23. The number of nitrogens with zero attached hydrogens (tertiary/aromatic N) is 3. The van der Waals surface area contributed by atoms with Gasteiger partial charge in [0.1, 0.15) is 5.52 Å². The summed E-state index contributed by atoms with van der Waals surface area (Å²) in [6.45, 7) is 2.74. The van der Waals surface area contributed by atoms with Crippen molar-refractivity contribution in [2.45, 2.75) is 0 Å². The zero-order chi connectivity index (χ0) is 21.1. The molecule has 1 aromatic heterocycles. The van der Waals surface area contributed by atoms with E-state index in [1.165, 1.54) is 0 Å². The van der Waals surface area contributed by atoms with Gasteiger partial charge in [0.05, 0.1) is 18.9 Å². The molecule has 2 aromatic carbocycles. The van der Waals surface area contributed by atoms with Gasteiger partial charge in [-0.1, -0.05) is 41.1 Å². The lowest BCUT2D eigenvalue weighted by Crippen LogP contribution is -2.48. The molecule has 1 aliphatic rings. The number of piperazine rings is 1. The van der Waals surface area contributed by atoms with E-state index >= 15 is 0 Å². The number of hydrogen-bond donors (Lipinski definition) is 0. The number of amides is 1. The molecule has 1 saturated heterocycles. The van der Waals surface area contributed by atoms with Gasteiger partial charge in [-0.15, -0.1) is 0 Å². The SMILES string of the molecule is COc1ccc2sc(N3CCN(C(=O)/C=C/c4ccccc4Cl)CC3)nc2c1OC. The van der Waals surface area contributed by atoms with Crippen LogP contribution in [0.25, 0.3) is 16.3 Å². The highest BCUT2D eigenvalue weighted by atomic mass is 35.5. The molecule has 6 nitrogen and oxygen atoms in total. The van der Waals surface area contributed by atoms with Crippen molar-refractivity contribution in [1.82, 2.24) is 9.88 Å². The molecule has 8 heteroatoms. The minimum Gasteiger partial charge on any atom is -0.493 e. The average Bonchev–Trinajstić information content (AvgIpc) is 3.22. The number of hydrogen-bond acceptors (Lipinski definition) is 6. The first-order chi connectivity index (χ1) is 14.6. The van der Waals surface area contributed by atoms with Crippen molar-refractivity contribution >= 4 is 50.3 Å². The molecule has 1 fully saturated rings. The van der Waals surface area contributed by atoms with E-state index in [0.717, 1.165) is 34.0 Å². The standard InChI is InChI=1S/C22H22ClN3O3S/c1-28-17-8-9-18-20(21(17)29-2)24-22(30-18)26-13-11-25(12-14-26)19(27)10-7-15-5-3-4-6-16(15)23/h3-10H,11-14H2,1-2H3/b10-7+. The molecule has 156 valence electrons. The molecule has 0 atom stereocenters. The lowest BCUT2D eigenvalue weighted by atomic mass is 10.2. The molecule has 1 amide bonds. The third-order valence-corrected chi connectivity index (χ3v) is 6.49. The highest BCUT2D eigenvalue weighted by molar-refractivity contribution is 7.22. The van der Waals surface area contributed by atoms with E-state index in [0.29, 0.717) is 29.6 Å². The molecular weight excluding hydrogens is 422 g/mol. The van der Waals surface area contributed by atoms with Gasteiger partial charge in [0.2, 0.25) is 5.91 Å². The summed E-state index contributed by atoms with van der Waals surface area (Å²) in [4.78, 5) is 21.4. The molecular formula is C22H22ClN3O3S. The third-order valence-electron chi connectivity index (χ3n) is 5.06. The number of ether oxygens (including phenoxy) is 2. The molecule has 4 rings (SSSR count). The van der Waals surface area contributed by atoms with Crippen molar-refractivity contribution in [1.29, 1.82) is 0 Å². The normalized spacial score (nSPS) is 14.5. The molecule has 2 heterocycles. The van der Waals surface area contributed by atoms with Crippen LogP contribution in [-0.2, 0) is 4.79 Å². The highest BCUT2D eigenvalue weighted by Crippen LogP contribution is 2.40. The topological polar surface area (TPSA) is 54.9 Å². The van der Waals surface area contributed by atoms with Gasteiger partial charge in [-0.2, -0.15) is 0 Å². The Morgan fingerprint density at radius 1 is 1.10 bits per heavy atom. The van der Waals surface area contributed by atoms with Crippen LogP contribution in [-0.4, -0.2) is 56.2 Å². The van der Waals surface area contributed by atoms with E-state index in [1.807, 2.05) is 41.3 Å². The number of anilines is 1. The number of carbonyl (C=O) groups is 1. The minimum atomic E-state index is -0.00900. The third kappa shape index (κ3) is 4.08. The zero-order valence-corrected chi connectivity index (χ0v) is 18.4. The van der Waals surface area contributed by atoms with Gasteiger partial charge in [-0.05, 0) is 29.8 Å². The molecule has 0 unspecified atom stereocenters. The first kappa shape index (κ1) is 20.5. The van der Waals surface area contributed by atoms with Gasteiger partial charge in [0.25, 0.3) is 0 Å². The van der Waals surface area contributed by atoms with Crippen LogP contribution in [0, 0.1) is 0 Å². The molecule has 0 saturated carbocycles. The first-order valence-corrected chi connectivity index (χ1v) is 10.8. The van der Waals surface area contributed by atoms with E-state index in [2.05, 4.69) is 4.90 Å². The predicted octanol–water partition coefficient (Wildman–Crippen LogP) is 4.33. The molecule has 0 bridgehead atoms. The molecule has 30 heavy (non-hydrogen) atoms. The van der Waals surface area contributed by atoms with Gasteiger partial charge < -0.3 is 19.3 Å². The molecule has 0 N–H and O–H groups in total. The minimum absolute atomic E-state index is 0.00900. The van der Waals surface area contributed by atoms with Crippen molar-refractivity contribution < 1.29 is 14.3 Å². The Hall–Kier alpha value is -2.77. The maximum absolute atomic E-state index is 12.6. The number of halogens is 1. The van der Waals surface area contributed by atoms with Crippen LogP contribution in [0.4, 0.5) is 5.13 Å². The fraction of sp³-hybridized carbons (Fsp3) is 0.273. The number of rotatable bonds is 5. The van der Waals surface area contributed by atoms with Crippen LogP contribution in [0.15, 0.2) is 42.5 Å². The van der Waals surface area contributed by atoms with Crippen molar-refractivity contribution in [2.75, 3.05) is 45.3 Å². The van der Waals surface area contributed by atoms with Crippen LogP contribution < -0.4 is 14.4 Å². The van der Waals surface area contributed by atoms with E-state index in [9.17, 15) is 4.79 Å². The van der Waals surface area contributed by atoms with Crippen LogP contribution >= 0.6 is 22.9 Å². The summed E-state index contributed by atoms with van der Waals surface area (Å²) >= 11 is 7.77. The van der Waals surface area contributed by atoms with Crippen LogP contribution in [0.2, 0.25) is 5.02 Å². The smallest absolute Gasteiger partial charge is 0.246 e. The Morgan fingerprint density at radius 2 is 1.87 bits per heavy atom. The Bertz CT molecular complexity index is 1090. The van der Waals surface area contributed by atoms with Crippen molar-refractivity contribution in [3.63, 3.8) is 0 Å². The summed E-state index contributed by atoms with van der Waals surface area (Å²) in [6.07, 6.45) is 3.36. The number of methoxy groups -OCH3 is 2. The largest absolute Gasteiger partial charge is 0.493 e. The number of aromatic nitrogens is 1. The number of carbonyl (C=O) groups excluding carboxylic acids is 1. The van der Waals surface area contributed by atoms with Gasteiger partial charge in [-0.25, -0.2) is 4.98 Å². The van der Waals surface area contributed by atoms with Crippen molar-refractivity contribution in [3.8, 4) is 11.5 Å². The predicted molar refractivity (Wildman–Crippen MR) is 122 cm³/mol. The molecule has 0 aliphatic carbocycles. The maximum atomic E-state index is 12.6. The Kier molecular flexibility index (Phi) is 6.11. The Balaban J connectivity index is 1.43. The van der Waals surface area contributed by atoms with Gasteiger partial charge >= 0.3 is 0 Å². The van der Waals surface area contributed by atoms with E-state index in [4.69, 9.17) is 26.1 Å². The number of thiazole rings is 1. The zero-order valence-electron chi connectivity index (χ0n) is 16.8. The van der Waals surface area contributed by atoms with Crippen molar-refractivity contribution in [2.24, 2.45) is 0 Å². The number of benzene rings is 2. The molecule has 1 aliphatic heterocycles. The second kappa shape index (κ2) is 8.93. The lowest BCUT2D eigenvalue weighted by molar-refractivity contribution is -0.126. The van der Waals surface area contributed by atoms with E-state index in [1.54, 1.807) is 37.7 Å². The Labute approximate surface area is 184 Å². The molecule has 3 aromatic rings. The quantitative estimate of drug-likeness (QED) is 0.549. The van der Waals surface area contributed by atoms with Gasteiger partial charge in [0.15, 0.2) is 16.6 Å². The second-order valence-electron chi connectivity index (χ2n) is 6.81. The van der Waals surface area contributed by atoms with Crippen molar-refractivity contribution in [3.05, 3.63) is 53.1 Å². The monoisotopic (exact) mass is 443 g/mol. The fourth-order valence-corrected chi connectivity index (χ4v) is 4.64. The number of fused-ring (bicyclic) bond motifs is 1. The first-order valence-electron chi connectivity index (χ1n) is 9.58. The summed E-state index contributed by atoms with van der Waals surface area (Å²) < 4.78 is 11.9. The van der Waals surface area contributed by atoms with Gasteiger partial charge in [-0.3, -0.25) is 4.79 Å². The van der Waals surface area contributed by atoms with Crippen LogP contribution in [0.5, 0.6) is 11.5 Å². The summed E-state index contributed by atoms with van der Waals surface area (Å²) in [5, 5.41) is 1.56. The summed E-state index contributed by atoms with van der Waals surface area (Å²) in [5.41, 5.74) is 1.64. The van der Waals surface area contributed by atoms with Crippen LogP contribution in [0.3, 0.4) is 0 Å². The fourth-order valence-electron chi connectivity index (χ4n) is 3.43. The highest BCUT2D eigenvalue weighted by Gasteiger charge is 2.23. The van der Waals surface area contributed by atoms with E-state index < -0.39 is 0 Å². The lowest BCUT2D eigenvalue weighted by Gasteiger charge is -2.34.